The van der Waals surface area contributed by atoms with Crippen molar-refractivity contribution in [3.63, 3.8) is 0 Å². The van der Waals surface area contributed by atoms with Crippen molar-refractivity contribution in [3.05, 3.63) is 47.5 Å². The molecule has 0 aromatic heterocycles. The van der Waals surface area contributed by atoms with E-state index in [-0.39, 0.29) is 18.3 Å². The van der Waals surface area contributed by atoms with E-state index >= 15 is 0 Å². The molecule has 1 saturated heterocycles. The Labute approximate surface area is 165 Å². The van der Waals surface area contributed by atoms with Gasteiger partial charge in [0.15, 0.2) is 12.4 Å². The molecule has 148 valence electrons. The molecule has 0 aliphatic carbocycles. The third-order valence-corrected chi connectivity index (χ3v) is 4.88. The second-order valence-corrected chi connectivity index (χ2v) is 6.95. The number of anilines is 2. The van der Waals surface area contributed by atoms with Crippen LogP contribution < -0.4 is 19.7 Å². The topological polar surface area (TPSA) is 67.9 Å². The number of amides is 1. The van der Waals surface area contributed by atoms with Crippen molar-refractivity contribution < 1.29 is 19.1 Å². The van der Waals surface area contributed by atoms with E-state index in [1.54, 1.807) is 18.2 Å². The standard InChI is InChI=1S/C22H26N2O4/c1-15-12-17(24-10-4-5-11-24)6-9-20(15)23-22(26)14-28-21-13-18(27-3)7-8-19(21)16(2)25/h6-9,12-13H,4-5,10-11,14H2,1-3H3,(H,23,26). The van der Waals surface area contributed by atoms with E-state index in [0.29, 0.717) is 17.1 Å². The predicted molar refractivity (Wildman–Crippen MR) is 110 cm³/mol. The average molecular weight is 382 g/mol. The van der Waals surface area contributed by atoms with Gasteiger partial charge < -0.3 is 19.7 Å². The predicted octanol–water partition coefficient (Wildman–Crippen LogP) is 3.82. The van der Waals surface area contributed by atoms with Crippen molar-refractivity contribution in [1.82, 2.24) is 0 Å². The highest BCUT2D eigenvalue weighted by Gasteiger charge is 2.15. The second-order valence-electron chi connectivity index (χ2n) is 6.95. The number of Topliss-reactive ketones (excluding diaryl/α,β-unsaturated/α-hetero) is 1. The lowest BCUT2D eigenvalue weighted by molar-refractivity contribution is -0.118. The molecule has 1 aliphatic heterocycles. The highest BCUT2D eigenvalue weighted by atomic mass is 16.5. The average Bonchev–Trinajstić information content (AvgIpc) is 3.22. The van der Waals surface area contributed by atoms with E-state index < -0.39 is 0 Å². The smallest absolute Gasteiger partial charge is 0.262 e. The number of benzene rings is 2. The molecule has 0 saturated carbocycles. The summed E-state index contributed by atoms with van der Waals surface area (Å²) in [6, 6.07) is 11.0. The van der Waals surface area contributed by atoms with Gasteiger partial charge in [0.05, 0.1) is 12.7 Å². The van der Waals surface area contributed by atoms with Crippen molar-refractivity contribution in [3.8, 4) is 11.5 Å². The van der Waals surface area contributed by atoms with E-state index in [0.717, 1.165) is 24.3 Å². The molecule has 0 atom stereocenters. The minimum Gasteiger partial charge on any atom is -0.497 e. The van der Waals surface area contributed by atoms with Crippen molar-refractivity contribution >= 4 is 23.1 Å². The minimum atomic E-state index is -0.283. The fraction of sp³-hybridized carbons (Fsp3) is 0.364. The molecule has 2 aromatic carbocycles. The van der Waals surface area contributed by atoms with Crippen molar-refractivity contribution in [2.45, 2.75) is 26.7 Å². The number of hydrogen-bond acceptors (Lipinski definition) is 5. The largest absolute Gasteiger partial charge is 0.497 e. The Kier molecular flexibility index (Phi) is 6.19. The van der Waals surface area contributed by atoms with Crippen LogP contribution in [0.25, 0.3) is 0 Å². The zero-order valence-corrected chi connectivity index (χ0v) is 16.6. The van der Waals surface area contributed by atoms with Crippen LogP contribution in [0.5, 0.6) is 11.5 Å². The number of ether oxygens (including phenoxy) is 2. The van der Waals surface area contributed by atoms with Crippen LogP contribution in [0.1, 0.15) is 35.7 Å². The molecule has 1 fully saturated rings. The third kappa shape index (κ3) is 4.63. The number of nitrogens with one attached hydrogen (secondary N) is 1. The molecule has 0 radical (unpaired) electrons. The number of methoxy groups -OCH3 is 1. The van der Waals surface area contributed by atoms with E-state index in [1.165, 1.54) is 32.6 Å². The highest BCUT2D eigenvalue weighted by Crippen LogP contribution is 2.27. The maximum Gasteiger partial charge on any atom is 0.262 e. The molecule has 1 amide bonds. The Bertz CT molecular complexity index is 873. The van der Waals surface area contributed by atoms with Crippen LogP contribution in [-0.4, -0.2) is 38.5 Å². The molecule has 6 nitrogen and oxygen atoms in total. The molecule has 3 rings (SSSR count). The van der Waals surface area contributed by atoms with E-state index in [1.807, 2.05) is 19.1 Å². The molecule has 1 heterocycles. The molecule has 0 bridgehead atoms. The quantitative estimate of drug-likeness (QED) is 0.737. The fourth-order valence-electron chi connectivity index (χ4n) is 3.33. The van der Waals surface area contributed by atoms with Crippen LogP contribution in [-0.2, 0) is 4.79 Å². The van der Waals surface area contributed by atoms with Crippen LogP contribution in [0, 0.1) is 6.92 Å². The molecule has 1 N–H and O–H groups in total. The summed E-state index contributed by atoms with van der Waals surface area (Å²) in [7, 11) is 1.54. The van der Waals surface area contributed by atoms with Crippen molar-refractivity contribution in [2.75, 3.05) is 37.0 Å². The van der Waals surface area contributed by atoms with Gasteiger partial charge >= 0.3 is 0 Å². The summed E-state index contributed by atoms with van der Waals surface area (Å²) >= 11 is 0. The van der Waals surface area contributed by atoms with Gasteiger partial charge in [-0.1, -0.05) is 0 Å². The van der Waals surface area contributed by atoms with Gasteiger partial charge in [0, 0.05) is 30.5 Å². The first-order chi connectivity index (χ1) is 13.5. The Hall–Kier alpha value is -3.02. The Balaban J connectivity index is 1.64. The number of aryl methyl sites for hydroxylation is 1. The van der Waals surface area contributed by atoms with Crippen molar-refractivity contribution in [1.29, 1.82) is 0 Å². The lowest BCUT2D eigenvalue weighted by Crippen LogP contribution is -2.22. The number of carbonyl (C=O) groups is 2. The van der Waals surface area contributed by atoms with E-state index in [2.05, 4.69) is 16.3 Å². The molecule has 1 aliphatic rings. The summed E-state index contributed by atoms with van der Waals surface area (Å²) < 4.78 is 10.8. The van der Waals surface area contributed by atoms with E-state index in [9.17, 15) is 9.59 Å². The van der Waals surface area contributed by atoms with E-state index in [4.69, 9.17) is 9.47 Å². The first kappa shape index (κ1) is 19.7. The lowest BCUT2D eigenvalue weighted by Gasteiger charge is -2.19. The molecular weight excluding hydrogens is 356 g/mol. The van der Waals surface area contributed by atoms with Crippen LogP contribution in [0.3, 0.4) is 0 Å². The van der Waals surface area contributed by atoms with Gasteiger partial charge in [-0.3, -0.25) is 9.59 Å². The molecule has 28 heavy (non-hydrogen) atoms. The van der Waals surface area contributed by atoms with Crippen LogP contribution in [0.15, 0.2) is 36.4 Å². The maximum atomic E-state index is 12.4. The summed E-state index contributed by atoms with van der Waals surface area (Å²) in [6.45, 7) is 5.41. The molecule has 0 unspecified atom stereocenters. The monoisotopic (exact) mass is 382 g/mol. The van der Waals surface area contributed by atoms with Gasteiger partial charge in [-0.2, -0.15) is 0 Å². The van der Waals surface area contributed by atoms with Gasteiger partial charge in [-0.25, -0.2) is 0 Å². The first-order valence-electron chi connectivity index (χ1n) is 9.45. The third-order valence-electron chi connectivity index (χ3n) is 4.88. The summed E-state index contributed by atoms with van der Waals surface area (Å²) in [5, 5.41) is 2.88. The lowest BCUT2D eigenvalue weighted by atomic mass is 10.1. The zero-order valence-electron chi connectivity index (χ0n) is 16.6. The fourth-order valence-corrected chi connectivity index (χ4v) is 3.33. The maximum absolute atomic E-state index is 12.4. The molecule has 0 spiro atoms. The normalized spacial score (nSPS) is 13.3. The highest BCUT2D eigenvalue weighted by molar-refractivity contribution is 5.97. The second kappa shape index (κ2) is 8.78. The number of rotatable bonds is 7. The van der Waals surface area contributed by atoms with Gasteiger partial charge in [0.25, 0.3) is 5.91 Å². The van der Waals surface area contributed by atoms with Crippen LogP contribution in [0.2, 0.25) is 0 Å². The number of hydrogen-bond donors (Lipinski definition) is 1. The SMILES string of the molecule is COc1ccc(C(C)=O)c(OCC(=O)Nc2ccc(N3CCCC3)cc2C)c1. The number of ketones is 1. The van der Waals surface area contributed by atoms with Crippen LogP contribution >= 0.6 is 0 Å². The first-order valence-corrected chi connectivity index (χ1v) is 9.45. The molecular formula is C22H26N2O4. The number of carbonyl (C=O) groups excluding carboxylic acids is 2. The molecule has 6 heteroatoms. The Morgan fingerprint density at radius 1 is 1.11 bits per heavy atom. The Morgan fingerprint density at radius 3 is 2.50 bits per heavy atom. The van der Waals surface area contributed by atoms with Gasteiger partial charge in [-0.05, 0) is 62.6 Å². The van der Waals surface area contributed by atoms with Gasteiger partial charge in [-0.15, -0.1) is 0 Å². The van der Waals surface area contributed by atoms with Gasteiger partial charge in [0.1, 0.15) is 11.5 Å². The molecule has 2 aromatic rings. The van der Waals surface area contributed by atoms with Gasteiger partial charge in [0.2, 0.25) is 0 Å². The van der Waals surface area contributed by atoms with Crippen molar-refractivity contribution in [2.24, 2.45) is 0 Å². The van der Waals surface area contributed by atoms with Crippen LogP contribution in [0.4, 0.5) is 11.4 Å². The summed E-state index contributed by atoms with van der Waals surface area (Å²) in [5.41, 5.74) is 3.36. The number of nitrogens with zero attached hydrogens (tertiary/aromatic N) is 1. The summed E-state index contributed by atoms with van der Waals surface area (Å²) in [4.78, 5) is 26.5. The summed E-state index contributed by atoms with van der Waals surface area (Å²) in [5.74, 6) is 0.484. The Morgan fingerprint density at radius 2 is 1.86 bits per heavy atom. The minimum absolute atomic E-state index is 0.133. The zero-order chi connectivity index (χ0) is 20.1. The summed E-state index contributed by atoms with van der Waals surface area (Å²) in [6.07, 6.45) is 2.45.